The summed E-state index contributed by atoms with van der Waals surface area (Å²) in [5.74, 6) is -1.83. The van der Waals surface area contributed by atoms with Gasteiger partial charge in [0.05, 0.1) is 22.6 Å². The number of fused-ring (bicyclic) bond motifs is 1. The van der Waals surface area contributed by atoms with Crippen LogP contribution in [0, 0.1) is 12.8 Å². The van der Waals surface area contributed by atoms with E-state index >= 15 is 0 Å². The van der Waals surface area contributed by atoms with Crippen LogP contribution in [0.4, 0.5) is 0 Å². The number of nitrogens with one attached hydrogen (secondary N) is 1. The van der Waals surface area contributed by atoms with Gasteiger partial charge in [0.1, 0.15) is 6.04 Å². The number of rotatable bonds is 8. The van der Waals surface area contributed by atoms with Crippen LogP contribution in [-0.2, 0) is 19.6 Å². The van der Waals surface area contributed by atoms with Crippen LogP contribution in [0.15, 0.2) is 78.3 Å². The number of para-hydroxylation sites is 1. The largest absolute Gasteiger partial charge is 0.480 e. The predicted molar refractivity (Wildman–Crippen MR) is 125 cm³/mol. The molecule has 1 aliphatic heterocycles. The average Bonchev–Trinajstić information content (AvgIpc) is 3.21. The number of nitrogens with zero attached hydrogens (tertiary/aromatic N) is 1. The zero-order valence-electron chi connectivity index (χ0n) is 18.2. The van der Waals surface area contributed by atoms with Crippen molar-refractivity contribution in [1.29, 1.82) is 0 Å². The molecule has 1 aliphatic rings. The fraction of sp³-hybridized carbons (Fsp3) is 0.280. The first-order valence-electron chi connectivity index (χ1n) is 10.7. The highest BCUT2D eigenvalue weighted by Gasteiger charge is 2.44. The molecule has 2 unspecified atom stereocenters. The molecule has 33 heavy (non-hydrogen) atoms. The van der Waals surface area contributed by atoms with Crippen molar-refractivity contribution in [3.05, 3.63) is 84.6 Å². The van der Waals surface area contributed by atoms with Crippen molar-refractivity contribution in [2.24, 2.45) is 5.92 Å². The van der Waals surface area contributed by atoms with Crippen LogP contribution in [0.3, 0.4) is 0 Å². The Morgan fingerprint density at radius 2 is 1.97 bits per heavy atom. The molecule has 7 nitrogen and oxygen atoms in total. The summed E-state index contributed by atoms with van der Waals surface area (Å²) >= 11 is 0. The summed E-state index contributed by atoms with van der Waals surface area (Å²) in [4.78, 5) is 16.6. The summed E-state index contributed by atoms with van der Waals surface area (Å²) in [5.41, 5.74) is 2.63. The Kier molecular flexibility index (Phi) is 6.60. The number of ether oxygens (including phenoxy) is 1. The normalized spacial score (nSPS) is 21.7. The molecule has 0 saturated carbocycles. The minimum atomic E-state index is -4.04. The predicted octanol–water partition coefficient (Wildman–Crippen LogP) is 4.00. The van der Waals surface area contributed by atoms with Crippen molar-refractivity contribution in [2.45, 2.75) is 42.9 Å². The van der Waals surface area contributed by atoms with Gasteiger partial charge in [-0.15, -0.1) is 6.58 Å². The molecule has 4 atom stereocenters. The molecule has 0 radical (unpaired) electrons. The van der Waals surface area contributed by atoms with E-state index in [9.17, 15) is 18.3 Å². The first-order chi connectivity index (χ1) is 15.8. The van der Waals surface area contributed by atoms with E-state index in [4.69, 9.17) is 4.74 Å². The average molecular weight is 467 g/mol. The third-order valence-corrected chi connectivity index (χ3v) is 7.50. The number of aliphatic carboxylic acids is 1. The molecular formula is C25H26N2O5S. The van der Waals surface area contributed by atoms with Gasteiger partial charge in [-0.2, -0.15) is 4.72 Å². The van der Waals surface area contributed by atoms with Crippen molar-refractivity contribution in [3.8, 4) is 0 Å². The lowest BCUT2D eigenvalue weighted by atomic mass is 9.88. The molecule has 0 amide bonds. The van der Waals surface area contributed by atoms with Crippen LogP contribution < -0.4 is 4.72 Å². The van der Waals surface area contributed by atoms with E-state index < -0.39 is 40.2 Å². The maximum absolute atomic E-state index is 13.0. The second-order valence-electron chi connectivity index (χ2n) is 8.25. The Bertz CT molecular complexity index is 1270. The van der Waals surface area contributed by atoms with Gasteiger partial charge in [0.2, 0.25) is 10.0 Å². The van der Waals surface area contributed by atoms with Gasteiger partial charge in [0.25, 0.3) is 0 Å². The first kappa shape index (κ1) is 23.1. The Morgan fingerprint density at radius 3 is 2.67 bits per heavy atom. The van der Waals surface area contributed by atoms with E-state index in [2.05, 4.69) is 16.3 Å². The molecule has 3 aromatic rings. The Balaban J connectivity index is 1.66. The van der Waals surface area contributed by atoms with Crippen molar-refractivity contribution in [1.82, 2.24) is 9.71 Å². The van der Waals surface area contributed by atoms with Crippen LogP contribution in [0.5, 0.6) is 0 Å². The fourth-order valence-electron chi connectivity index (χ4n) is 4.38. The molecule has 4 rings (SSSR count). The fourth-order valence-corrected chi connectivity index (χ4v) is 5.62. The highest BCUT2D eigenvalue weighted by Crippen LogP contribution is 2.42. The number of aromatic nitrogens is 1. The first-order valence-corrected chi connectivity index (χ1v) is 12.2. The van der Waals surface area contributed by atoms with Crippen LogP contribution in [0.1, 0.15) is 30.1 Å². The van der Waals surface area contributed by atoms with E-state index in [1.54, 1.807) is 24.4 Å². The lowest BCUT2D eigenvalue weighted by Gasteiger charge is -2.24. The molecule has 172 valence electrons. The summed E-state index contributed by atoms with van der Waals surface area (Å²) in [5, 5.41) is 10.9. The molecular weight excluding hydrogens is 440 g/mol. The third-order valence-electron chi connectivity index (χ3n) is 6.04. The molecule has 1 saturated heterocycles. The topological polar surface area (TPSA) is 106 Å². The molecule has 0 spiro atoms. The number of hydrogen-bond acceptors (Lipinski definition) is 5. The summed E-state index contributed by atoms with van der Waals surface area (Å²) in [7, 11) is -4.04. The third kappa shape index (κ3) is 4.83. The number of aryl methyl sites for hydroxylation is 1. The SMILES string of the molecule is C=CC[C@@H]1OC(c2ccnc3ccccc23)C[C@@H]1C(NS(=O)(=O)c1ccc(C)cc1)C(=O)O. The number of benzene rings is 2. The molecule has 2 aromatic carbocycles. The summed E-state index contributed by atoms with van der Waals surface area (Å²) in [6, 6.07) is 14.5. The number of pyridine rings is 1. The Hall–Kier alpha value is -3.07. The van der Waals surface area contributed by atoms with Crippen LogP contribution >= 0.6 is 0 Å². The van der Waals surface area contributed by atoms with Crippen molar-refractivity contribution < 1.29 is 23.1 Å². The van der Waals surface area contributed by atoms with Gasteiger partial charge in [0.15, 0.2) is 0 Å². The standard InChI is InChI=1S/C25H26N2O5S/c1-3-6-22-20(15-23(32-22)19-13-14-26-21-8-5-4-7-18(19)21)24(25(28)29)27-33(30,31)17-11-9-16(2)10-12-17/h3-5,7-14,20,22-24,27H,1,6,15H2,2H3,(H,28,29)/t20-,22-,23?,24?/m0/s1. The zero-order valence-corrected chi connectivity index (χ0v) is 19.0. The quantitative estimate of drug-likeness (QED) is 0.486. The Morgan fingerprint density at radius 1 is 1.24 bits per heavy atom. The smallest absolute Gasteiger partial charge is 0.322 e. The number of carbonyl (C=O) groups is 1. The summed E-state index contributed by atoms with van der Waals surface area (Å²) in [6.07, 6.45) is 3.23. The van der Waals surface area contributed by atoms with Gasteiger partial charge in [0, 0.05) is 17.5 Å². The lowest BCUT2D eigenvalue weighted by molar-refractivity contribution is -0.141. The van der Waals surface area contributed by atoms with E-state index in [-0.39, 0.29) is 4.90 Å². The zero-order chi connectivity index (χ0) is 23.6. The maximum Gasteiger partial charge on any atom is 0.322 e. The van der Waals surface area contributed by atoms with Gasteiger partial charge in [-0.3, -0.25) is 9.78 Å². The Labute approximate surface area is 193 Å². The van der Waals surface area contributed by atoms with Crippen LogP contribution in [0.2, 0.25) is 0 Å². The number of hydrogen-bond donors (Lipinski definition) is 2. The maximum atomic E-state index is 13.0. The minimum absolute atomic E-state index is 0.0233. The van der Waals surface area contributed by atoms with Crippen molar-refractivity contribution in [2.75, 3.05) is 0 Å². The second-order valence-corrected chi connectivity index (χ2v) is 9.97. The molecule has 2 N–H and O–H groups in total. The molecule has 8 heteroatoms. The minimum Gasteiger partial charge on any atom is -0.480 e. The van der Waals surface area contributed by atoms with Gasteiger partial charge in [-0.25, -0.2) is 8.42 Å². The highest BCUT2D eigenvalue weighted by atomic mass is 32.2. The summed E-state index contributed by atoms with van der Waals surface area (Å²) < 4.78 is 34.6. The molecule has 0 aliphatic carbocycles. The van der Waals surface area contributed by atoms with Gasteiger partial charge in [-0.1, -0.05) is 42.0 Å². The molecule has 0 bridgehead atoms. The molecule has 2 heterocycles. The van der Waals surface area contributed by atoms with E-state index in [1.807, 2.05) is 37.3 Å². The molecule has 1 fully saturated rings. The van der Waals surface area contributed by atoms with Crippen LogP contribution in [0.25, 0.3) is 10.9 Å². The van der Waals surface area contributed by atoms with E-state index in [0.29, 0.717) is 12.8 Å². The van der Waals surface area contributed by atoms with Gasteiger partial charge in [-0.05, 0) is 49.6 Å². The van der Waals surface area contributed by atoms with Gasteiger partial charge >= 0.3 is 5.97 Å². The van der Waals surface area contributed by atoms with Crippen molar-refractivity contribution in [3.63, 3.8) is 0 Å². The number of sulfonamides is 1. The highest BCUT2D eigenvalue weighted by molar-refractivity contribution is 7.89. The number of carboxylic acids is 1. The monoisotopic (exact) mass is 466 g/mol. The molecule has 1 aromatic heterocycles. The number of carboxylic acid groups (broad SMARTS) is 1. The summed E-state index contributed by atoms with van der Waals surface area (Å²) in [6.45, 7) is 5.61. The van der Waals surface area contributed by atoms with E-state index in [0.717, 1.165) is 22.0 Å². The van der Waals surface area contributed by atoms with E-state index in [1.165, 1.54) is 12.1 Å². The van der Waals surface area contributed by atoms with Crippen molar-refractivity contribution >= 4 is 26.9 Å². The second kappa shape index (κ2) is 9.43. The van der Waals surface area contributed by atoms with Gasteiger partial charge < -0.3 is 9.84 Å². The van der Waals surface area contributed by atoms with Crippen LogP contribution in [-0.4, -0.2) is 36.6 Å². The lowest BCUT2D eigenvalue weighted by Crippen LogP contribution is -2.48.